The van der Waals surface area contributed by atoms with Crippen molar-refractivity contribution in [2.75, 3.05) is 22.1 Å². The molecule has 26 heavy (non-hydrogen) atoms. The number of carbonyl (C=O) groups excluding carboxylic acids is 2. The molecule has 136 valence electrons. The number of amides is 2. The number of carbonyl (C=O) groups is 2. The van der Waals surface area contributed by atoms with Gasteiger partial charge in [0.25, 0.3) is 0 Å². The molecule has 2 N–H and O–H groups in total. The first-order valence-electron chi connectivity index (χ1n) is 9.04. The number of para-hydroxylation sites is 3. The van der Waals surface area contributed by atoms with Gasteiger partial charge >= 0.3 is 0 Å². The molecule has 0 radical (unpaired) electrons. The number of hydrogen-bond acceptors (Lipinski definition) is 3. The zero-order chi connectivity index (χ0) is 18.7. The Morgan fingerprint density at radius 1 is 1.23 bits per heavy atom. The van der Waals surface area contributed by atoms with E-state index in [0.717, 1.165) is 23.4 Å². The summed E-state index contributed by atoms with van der Waals surface area (Å²) in [6.07, 6.45) is 1.19. The molecule has 1 aliphatic rings. The van der Waals surface area contributed by atoms with Gasteiger partial charge in [-0.25, -0.2) is 0 Å². The predicted octanol–water partition coefficient (Wildman–Crippen LogP) is 3.73. The summed E-state index contributed by atoms with van der Waals surface area (Å²) in [7, 11) is 0. The Kier molecular flexibility index (Phi) is 5.26. The number of anilines is 3. The maximum absolute atomic E-state index is 13.0. The Morgan fingerprint density at radius 2 is 2.00 bits per heavy atom. The van der Waals surface area contributed by atoms with Crippen LogP contribution in [-0.4, -0.2) is 24.4 Å². The summed E-state index contributed by atoms with van der Waals surface area (Å²) in [5, 5.41) is 6.20. The Hall–Kier alpha value is -2.82. The molecule has 0 fully saturated rings. The number of hydrogen-bond donors (Lipinski definition) is 2. The largest absolute Gasteiger partial charge is 0.376 e. The molecule has 3 rings (SSSR count). The third-order valence-electron chi connectivity index (χ3n) is 4.78. The SMILES string of the molecule is CCc1cccc(C)c1NCC(=O)N1c2ccccc2NC(=O)CC1C. The summed E-state index contributed by atoms with van der Waals surface area (Å²) in [6, 6.07) is 13.4. The first-order chi connectivity index (χ1) is 12.5. The van der Waals surface area contributed by atoms with Crippen molar-refractivity contribution >= 4 is 28.9 Å². The highest BCUT2D eigenvalue weighted by Gasteiger charge is 2.29. The van der Waals surface area contributed by atoms with E-state index in [1.807, 2.05) is 50.2 Å². The van der Waals surface area contributed by atoms with E-state index in [4.69, 9.17) is 0 Å². The molecule has 5 heteroatoms. The Morgan fingerprint density at radius 3 is 2.77 bits per heavy atom. The van der Waals surface area contributed by atoms with Crippen LogP contribution < -0.4 is 15.5 Å². The van der Waals surface area contributed by atoms with Gasteiger partial charge in [-0.2, -0.15) is 0 Å². The van der Waals surface area contributed by atoms with Crippen LogP contribution in [-0.2, 0) is 16.0 Å². The van der Waals surface area contributed by atoms with Crippen LogP contribution >= 0.6 is 0 Å². The molecule has 0 bridgehead atoms. The van der Waals surface area contributed by atoms with Crippen molar-refractivity contribution in [2.45, 2.75) is 39.7 Å². The monoisotopic (exact) mass is 351 g/mol. The molecule has 0 aliphatic carbocycles. The molecule has 0 aromatic heterocycles. The van der Waals surface area contributed by atoms with E-state index in [9.17, 15) is 9.59 Å². The molecule has 2 aromatic rings. The van der Waals surface area contributed by atoms with E-state index >= 15 is 0 Å². The molecule has 5 nitrogen and oxygen atoms in total. The number of nitrogens with zero attached hydrogens (tertiary/aromatic N) is 1. The molecule has 1 aliphatic heterocycles. The summed E-state index contributed by atoms with van der Waals surface area (Å²) < 4.78 is 0. The number of rotatable bonds is 4. The summed E-state index contributed by atoms with van der Waals surface area (Å²) in [5.74, 6) is -0.118. The minimum Gasteiger partial charge on any atom is -0.376 e. The highest BCUT2D eigenvalue weighted by Crippen LogP contribution is 2.31. The predicted molar refractivity (Wildman–Crippen MR) is 106 cm³/mol. The molecule has 1 heterocycles. The van der Waals surface area contributed by atoms with E-state index in [-0.39, 0.29) is 30.8 Å². The summed E-state index contributed by atoms with van der Waals surface area (Å²) in [5.41, 5.74) is 4.77. The van der Waals surface area contributed by atoms with Gasteiger partial charge in [0.05, 0.1) is 17.9 Å². The van der Waals surface area contributed by atoms with Gasteiger partial charge in [-0.3, -0.25) is 9.59 Å². The molecule has 0 saturated heterocycles. The van der Waals surface area contributed by atoms with Crippen LogP contribution in [0.5, 0.6) is 0 Å². The molecule has 1 unspecified atom stereocenters. The van der Waals surface area contributed by atoms with Crippen LogP contribution in [0.3, 0.4) is 0 Å². The van der Waals surface area contributed by atoms with Gasteiger partial charge in [-0.15, -0.1) is 0 Å². The number of aryl methyl sites for hydroxylation is 2. The zero-order valence-electron chi connectivity index (χ0n) is 15.5. The van der Waals surface area contributed by atoms with E-state index in [2.05, 4.69) is 23.6 Å². The topological polar surface area (TPSA) is 61.4 Å². The number of benzene rings is 2. The van der Waals surface area contributed by atoms with Crippen molar-refractivity contribution in [3.05, 3.63) is 53.6 Å². The second-order valence-corrected chi connectivity index (χ2v) is 6.70. The molecule has 1 atom stereocenters. The lowest BCUT2D eigenvalue weighted by Gasteiger charge is -2.28. The maximum Gasteiger partial charge on any atom is 0.246 e. The normalized spacial score (nSPS) is 16.5. The second kappa shape index (κ2) is 7.60. The van der Waals surface area contributed by atoms with Crippen molar-refractivity contribution < 1.29 is 9.59 Å². The maximum atomic E-state index is 13.0. The lowest BCUT2D eigenvalue weighted by molar-refractivity contribution is -0.118. The molecular formula is C21H25N3O2. The Balaban J connectivity index is 1.84. The summed E-state index contributed by atoms with van der Waals surface area (Å²) in [6.45, 7) is 6.24. The highest BCUT2D eigenvalue weighted by atomic mass is 16.2. The number of nitrogens with one attached hydrogen (secondary N) is 2. The van der Waals surface area contributed by atoms with Gasteiger partial charge < -0.3 is 15.5 Å². The van der Waals surface area contributed by atoms with Crippen LogP contribution in [0.2, 0.25) is 0 Å². The average Bonchev–Trinajstić information content (AvgIpc) is 2.74. The van der Waals surface area contributed by atoms with Gasteiger partial charge in [-0.05, 0) is 43.5 Å². The molecule has 0 spiro atoms. The van der Waals surface area contributed by atoms with Gasteiger partial charge in [0, 0.05) is 18.2 Å². The van der Waals surface area contributed by atoms with Crippen molar-refractivity contribution in [1.29, 1.82) is 0 Å². The average molecular weight is 351 g/mol. The minimum absolute atomic E-state index is 0.0493. The highest BCUT2D eigenvalue weighted by molar-refractivity contribution is 6.05. The van der Waals surface area contributed by atoms with Gasteiger partial charge in [0.2, 0.25) is 11.8 Å². The minimum atomic E-state index is -0.199. The Bertz CT molecular complexity index is 832. The van der Waals surface area contributed by atoms with Gasteiger partial charge in [-0.1, -0.05) is 37.3 Å². The van der Waals surface area contributed by atoms with Crippen LogP contribution in [0.4, 0.5) is 17.1 Å². The van der Waals surface area contributed by atoms with Crippen molar-refractivity contribution in [3.63, 3.8) is 0 Å². The van der Waals surface area contributed by atoms with Crippen LogP contribution in [0, 0.1) is 6.92 Å². The van der Waals surface area contributed by atoms with Crippen LogP contribution in [0.1, 0.15) is 31.4 Å². The summed E-state index contributed by atoms with van der Waals surface area (Å²) >= 11 is 0. The quantitative estimate of drug-likeness (QED) is 0.882. The fraction of sp³-hybridized carbons (Fsp3) is 0.333. The van der Waals surface area contributed by atoms with Gasteiger partial charge in [0.1, 0.15) is 0 Å². The van der Waals surface area contributed by atoms with Crippen LogP contribution in [0.15, 0.2) is 42.5 Å². The van der Waals surface area contributed by atoms with E-state index < -0.39 is 0 Å². The van der Waals surface area contributed by atoms with E-state index in [0.29, 0.717) is 5.69 Å². The first kappa shape index (κ1) is 18.0. The third kappa shape index (κ3) is 3.57. The van der Waals surface area contributed by atoms with Crippen molar-refractivity contribution in [3.8, 4) is 0 Å². The van der Waals surface area contributed by atoms with E-state index in [1.165, 1.54) is 5.56 Å². The van der Waals surface area contributed by atoms with Crippen molar-refractivity contribution in [2.24, 2.45) is 0 Å². The number of fused-ring (bicyclic) bond motifs is 1. The second-order valence-electron chi connectivity index (χ2n) is 6.70. The van der Waals surface area contributed by atoms with Gasteiger partial charge in [0.15, 0.2) is 0 Å². The Labute approximate surface area is 154 Å². The fourth-order valence-corrected chi connectivity index (χ4v) is 3.49. The van der Waals surface area contributed by atoms with Crippen LogP contribution in [0.25, 0.3) is 0 Å². The molecular weight excluding hydrogens is 326 g/mol. The third-order valence-corrected chi connectivity index (χ3v) is 4.78. The lowest BCUT2D eigenvalue weighted by atomic mass is 10.1. The zero-order valence-corrected chi connectivity index (χ0v) is 15.5. The van der Waals surface area contributed by atoms with E-state index in [1.54, 1.807) is 4.90 Å². The smallest absolute Gasteiger partial charge is 0.246 e. The summed E-state index contributed by atoms with van der Waals surface area (Å²) in [4.78, 5) is 26.8. The first-order valence-corrected chi connectivity index (χ1v) is 9.04. The molecule has 2 amide bonds. The molecule has 0 saturated carbocycles. The standard InChI is InChI=1S/C21H25N3O2/c1-4-16-9-7-8-14(2)21(16)22-13-20(26)24-15(3)12-19(25)23-17-10-5-6-11-18(17)24/h5-11,15,22H,4,12-13H2,1-3H3,(H,23,25). The van der Waals surface area contributed by atoms with Crippen molar-refractivity contribution in [1.82, 2.24) is 0 Å². The molecule has 2 aromatic carbocycles. The lowest BCUT2D eigenvalue weighted by Crippen LogP contribution is -2.42. The fourth-order valence-electron chi connectivity index (χ4n) is 3.49.